The van der Waals surface area contributed by atoms with E-state index in [-0.39, 0.29) is 23.3 Å². The van der Waals surface area contributed by atoms with Crippen LogP contribution in [-0.2, 0) is 0 Å². The van der Waals surface area contributed by atoms with Gasteiger partial charge in [0.1, 0.15) is 11.5 Å². The number of phenols is 1. The summed E-state index contributed by atoms with van der Waals surface area (Å²) in [5.74, 6) is 0.229. The monoisotopic (exact) mass is 315 g/mol. The fourth-order valence-electron chi connectivity index (χ4n) is 1.60. The van der Waals surface area contributed by atoms with Gasteiger partial charge in [-0.25, -0.2) is 0 Å². The summed E-state index contributed by atoms with van der Waals surface area (Å²) in [6, 6.07) is 4.70. The van der Waals surface area contributed by atoms with Gasteiger partial charge in [-0.3, -0.25) is 4.79 Å². The third kappa shape index (κ3) is 3.91. The van der Waals surface area contributed by atoms with Crippen LogP contribution in [0.15, 0.2) is 18.2 Å². The van der Waals surface area contributed by atoms with Crippen molar-refractivity contribution in [3.63, 3.8) is 0 Å². The number of methoxy groups -OCH3 is 1. The Labute approximate surface area is 115 Å². The molecule has 0 aliphatic rings. The van der Waals surface area contributed by atoms with Crippen LogP contribution in [0.3, 0.4) is 0 Å². The summed E-state index contributed by atoms with van der Waals surface area (Å²) in [4.78, 5) is 12.0. The van der Waals surface area contributed by atoms with Crippen LogP contribution in [0.5, 0.6) is 11.5 Å². The standard InChI is InChI=1S/C13H18BrNO3/c1-3-9(6-7-14)15-13(17)11-8-10(18-2)4-5-12(11)16/h4-5,8-9,16H,3,6-7H2,1-2H3,(H,15,17). The number of hydrogen-bond acceptors (Lipinski definition) is 3. The maximum Gasteiger partial charge on any atom is 0.255 e. The van der Waals surface area contributed by atoms with Crippen molar-refractivity contribution in [2.24, 2.45) is 0 Å². The minimum atomic E-state index is -0.279. The maximum absolute atomic E-state index is 12.0. The van der Waals surface area contributed by atoms with Gasteiger partial charge >= 0.3 is 0 Å². The lowest BCUT2D eigenvalue weighted by molar-refractivity contribution is 0.0932. The van der Waals surface area contributed by atoms with Crippen molar-refractivity contribution >= 4 is 21.8 Å². The van der Waals surface area contributed by atoms with Gasteiger partial charge in [-0.15, -0.1) is 0 Å². The Balaban J connectivity index is 2.82. The number of carbonyl (C=O) groups is 1. The Hall–Kier alpha value is -1.23. The second-order valence-electron chi connectivity index (χ2n) is 3.94. The first-order valence-corrected chi connectivity index (χ1v) is 6.98. The summed E-state index contributed by atoms with van der Waals surface area (Å²) in [5.41, 5.74) is 0.238. The topological polar surface area (TPSA) is 58.6 Å². The molecule has 1 rings (SSSR count). The molecule has 0 fully saturated rings. The number of phenolic OH excluding ortho intramolecular Hbond substituents is 1. The first-order chi connectivity index (χ1) is 8.62. The molecule has 5 heteroatoms. The van der Waals surface area contributed by atoms with E-state index in [1.165, 1.54) is 19.2 Å². The zero-order valence-electron chi connectivity index (χ0n) is 10.6. The van der Waals surface area contributed by atoms with Gasteiger partial charge in [-0.1, -0.05) is 22.9 Å². The smallest absolute Gasteiger partial charge is 0.255 e. The molecule has 2 N–H and O–H groups in total. The van der Waals surface area contributed by atoms with E-state index in [0.29, 0.717) is 5.75 Å². The number of aromatic hydroxyl groups is 1. The molecule has 0 aliphatic heterocycles. The number of carbonyl (C=O) groups excluding carboxylic acids is 1. The van der Waals surface area contributed by atoms with E-state index in [2.05, 4.69) is 21.2 Å². The van der Waals surface area contributed by atoms with Gasteiger partial charge < -0.3 is 15.2 Å². The summed E-state index contributed by atoms with van der Waals surface area (Å²) < 4.78 is 5.04. The van der Waals surface area contributed by atoms with Crippen molar-refractivity contribution in [3.05, 3.63) is 23.8 Å². The lowest BCUT2D eigenvalue weighted by atomic mass is 10.1. The maximum atomic E-state index is 12.0. The van der Waals surface area contributed by atoms with Crippen molar-refractivity contribution in [1.29, 1.82) is 0 Å². The molecule has 1 aromatic carbocycles. The number of alkyl halides is 1. The molecule has 0 aliphatic carbocycles. The summed E-state index contributed by atoms with van der Waals surface area (Å²) in [7, 11) is 1.52. The van der Waals surface area contributed by atoms with Gasteiger partial charge in [0.2, 0.25) is 0 Å². The average molecular weight is 316 g/mol. The van der Waals surface area contributed by atoms with Crippen LogP contribution in [0.1, 0.15) is 30.1 Å². The minimum Gasteiger partial charge on any atom is -0.507 e. The van der Waals surface area contributed by atoms with E-state index >= 15 is 0 Å². The molecule has 4 nitrogen and oxygen atoms in total. The third-order valence-corrected chi connectivity index (χ3v) is 3.19. The third-order valence-electron chi connectivity index (χ3n) is 2.73. The molecule has 0 radical (unpaired) electrons. The van der Waals surface area contributed by atoms with Crippen LogP contribution in [-0.4, -0.2) is 29.5 Å². The number of halogens is 1. The van der Waals surface area contributed by atoms with Crippen LogP contribution < -0.4 is 10.1 Å². The Morgan fingerprint density at radius 2 is 2.28 bits per heavy atom. The largest absolute Gasteiger partial charge is 0.507 e. The number of ether oxygens (including phenoxy) is 1. The van der Waals surface area contributed by atoms with E-state index < -0.39 is 0 Å². The van der Waals surface area contributed by atoms with Crippen molar-refractivity contribution in [1.82, 2.24) is 5.32 Å². The summed E-state index contributed by atoms with van der Waals surface area (Å²) in [5, 5.41) is 13.4. The lowest BCUT2D eigenvalue weighted by Crippen LogP contribution is -2.34. The first kappa shape index (κ1) is 14.8. The van der Waals surface area contributed by atoms with Gasteiger partial charge in [0.25, 0.3) is 5.91 Å². The Bertz CT molecular complexity index is 409. The molecular formula is C13H18BrNO3. The highest BCUT2D eigenvalue weighted by Crippen LogP contribution is 2.23. The Morgan fingerprint density at radius 3 is 2.83 bits per heavy atom. The fraction of sp³-hybridized carbons (Fsp3) is 0.462. The highest BCUT2D eigenvalue weighted by molar-refractivity contribution is 9.09. The van der Waals surface area contributed by atoms with E-state index in [1.807, 2.05) is 6.92 Å². The molecule has 1 unspecified atom stereocenters. The van der Waals surface area contributed by atoms with Gasteiger partial charge in [0.15, 0.2) is 0 Å². The molecular weight excluding hydrogens is 298 g/mol. The molecule has 0 saturated carbocycles. The zero-order chi connectivity index (χ0) is 13.5. The van der Waals surface area contributed by atoms with Gasteiger partial charge in [0.05, 0.1) is 12.7 Å². The molecule has 0 bridgehead atoms. The van der Waals surface area contributed by atoms with Gasteiger partial charge in [0, 0.05) is 11.4 Å². The molecule has 100 valence electrons. The van der Waals surface area contributed by atoms with Crippen LogP contribution in [0, 0.1) is 0 Å². The molecule has 0 saturated heterocycles. The highest BCUT2D eigenvalue weighted by atomic mass is 79.9. The SMILES string of the molecule is CCC(CCBr)NC(=O)c1cc(OC)ccc1O. The molecule has 18 heavy (non-hydrogen) atoms. The number of hydrogen-bond donors (Lipinski definition) is 2. The lowest BCUT2D eigenvalue weighted by Gasteiger charge is -2.16. The average Bonchev–Trinajstić information content (AvgIpc) is 2.38. The molecule has 0 aromatic heterocycles. The molecule has 1 atom stereocenters. The van der Waals surface area contributed by atoms with E-state index in [1.54, 1.807) is 6.07 Å². The second kappa shape index (κ2) is 7.26. The zero-order valence-corrected chi connectivity index (χ0v) is 12.2. The van der Waals surface area contributed by atoms with Crippen LogP contribution >= 0.6 is 15.9 Å². The summed E-state index contributed by atoms with van der Waals surface area (Å²) >= 11 is 3.35. The van der Waals surface area contributed by atoms with E-state index in [4.69, 9.17) is 4.74 Å². The Morgan fingerprint density at radius 1 is 1.56 bits per heavy atom. The predicted molar refractivity (Wildman–Crippen MR) is 74.6 cm³/mol. The molecule has 0 spiro atoms. The Kier molecular flexibility index (Phi) is 5.98. The highest BCUT2D eigenvalue weighted by Gasteiger charge is 2.15. The number of benzene rings is 1. The molecule has 1 amide bonds. The van der Waals surface area contributed by atoms with Gasteiger partial charge in [-0.05, 0) is 31.0 Å². The summed E-state index contributed by atoms with van der Waals surface area (Å²) in [6.45, 7) is 2.01. The first-order valence-electron chi connectivity index (χ1n) is 5.86. The van der Waals surface area contributed by atoms with Crippen LogP contribution in [0.2, 0.25) is 0 Å². The predicted octanol–water partition coefficient (Wildman–Crippen LogP) is 2.69. The van der Waals surface area contributed by atoms with Crippen LogP contribution in [0.4, 0.5) is 0 Å². The second-order valence-corrected chi connectivity index (χ2v) is 4.73. The van der Waals surface area contributed by atoms with Crippen molar-refractivity contribution in [3.8, 4) is 11.5 Å². The van der Waals surface area contributed by atoms with Crippen LogP contribution in [0.25, 0.3) is 0 Å². The molecule has 1 aromatic rings. The fourth-order valence-corrected chi connectivity index (χ4v) is 2.15. The van der Waals surface area contributed by atoms with Crippen molar-refractivity contribution < 1.29 is 14.6 Å². The summed E-state index contributed by atoms with van der Waals surface area (Å²) in [6.07, 6.45) is 1.70. The van der Waals surface area contributed by atoms with Crippen molar-refractivity contribution in [2.75, 3.05) is 12.4 Å². The van der Waals surface area contributed by atoms with Crippen molar-refractivity contribution in [2.45, 2.75) is 25.8 Å². The number of nitrogens with one attached hydrogen (secondary N) is 1. The van der Waals surface area contributed by atoms with Gasteiger partial charge in [-0.2, -0.15) is 0 Å². The molecule has 0 heterocycles. The van der Waals surface area contributed by atoms with E-state index in [0.717, 1.165) is 18.2 Å². The number of amides is 1. The van der Waals surface area contributed by atoms with E-state index in [9.17, 15) is 9.90 Å². The normalized spacial score (nSPS) is 11.9. The number of rotatable bonds is 6. The quantitative estimate of drug-likeness (QED) is 0.793. The minimum absolute atomic E-state index is 0.0398.